The van der Waals surface area contributed by atoms with E-state index in [9.17, 15) is 20.0 Å². The lowest BCUT2D eigenvalue weighted by Crippen LogP contribution is -2.14. The van der Waals surface area contributed by atoms with Crippen LogP contribution in [0.3, 0.4) is 0 Å². The van der Waals surface area contributed by atoms with Gasteiger partial charge in [0, 0.05) is 16.8 Å². The molecule has 0 amide bonds. The highest BCUT2D eigenvalue weighted by atomic mass is 16.4. The van der Waals surface area contributed by atoms with Crippen molar-refractivity contribution < 1.29 is 14.3 Å². The molecule has 0 radical (unpaired) electrons. The van der Waals surface area contributed by atoms with Crippen molar-refractivity contribution >= 4 is 22.6 Å². The van der Waals surface area contributed by atoms with Crippen LogP contribution in [0, 0.1) is 18.3 Å². The summed E-state index contributed by atoms with van der Waals surface area (Å²) in [5.41, 5.74) is 2.69. The fraction of sp³-hybridized carbons (Fsp3) is 0.115. The molecule has 0 spiro atoms. The van der Waals surface area contributed by atoms with Crippen LogP contribution in [-0.2, 0) is 0 Å². The second-order valence-corrected chi connectivity index (χ2v) is 7.56. The van der Waals surface area contributed by atoms with Gasteiger partial charge in [-0.05, 0) is 37.6 Å². The number of carboxylic acid groups (broad SMARTS) is 1. The van der Waals surface area contributed by atoms with E-state index in [1.165, 1.54) is 6.07 Å². The molecule has 0 unspecified atom stereocenters. The maximum Gasteiger partial charge on any atom is 0.337 e. The van der Waals surface area contributed by atoms with Crippen LogP contribution in [-0.4, -0.2) is 11.1 Å². The molecule has 4 rings (SSSR count). The molecular weight excluding hydrogens is 404 g/mol. The van der Waals surface area contributed by atoms with Gasteiger partial charge in [0.25, 0.3) is 0 Å². The zero-order chi connectivity index (χ0) is 22.8. The van der Waals surface area contributed by atoms with E-state index < -0.39 is 11.4 Å². The summed E-state index contributed by atoms with van der Waals surface area (Å²) in [5, 5.41) is 22.7. The van der Waals surface area contributed by atoms with Crippen LogP contribution in [0.15, 0.2) is 75.9 Å². The van der Waals surface area contributed by atoms with Crippen LogP contribution in [0.25, 0.3) is 22.3 Å². The van der Waals surface area contributed by atoms with E-state index in [0.717, 1.165) is 5.56 Å². The van der Waals surface area contributed by atoms with Crippen LogP contribution in [0.2, 0.25) is 0 Å². The first-order valence-electron chi connectivity index (χ1n) is 10.1. The molecule has 0 saturated carbocycles. The summed E-state index contributed by atoms with van der Waals surface area (Å²) in [5.74, 6) is -0.820. The second-order valence-electron chi connectivity index (χ2n) is 7.56. The fourth-order valence-electron chi connectivity index (χ4n) is 3.80. The van der Waals surface area contributed by atoms with Gasteiger partial charge in [-0.15, -0.1) is 0 Å². The Morgan fingerprint density at radius 1 is 1.09 bits per heavy atom. The van der Waals surface area contributed by atoms with Gasteiger partial charge in [0.15, 0.2) is 5.76 Å². The van der Waals surface area contributed by atoms with Gasteiger partial charge in [-0.25, -0.2) is 4.79 Å². The lowest BCUT2D eigenvalue weighted by Gasteiger charge is -2.19. The summed E-state index contributed by atoms with van der Waals surface area (Å²) in [4.78, 5) is 24.8. The summed E-state index contributed by atoms with van der Waals surface area (Å²) >= 11 is 0. The number of para-hydroxylation sites is 1. The van der Waals surface area contributed by atoms with Crippen molar-refractivity contribution in [2.24, 2.45) is 0 Å². The molecule has 0 aliphatic heterocycles. The van der Waals surface area contributed by atoms with Gasteiger partial charge in [0.05, 0.1) is 17.0 Å². The lowest BCUT2D eigenvalue weighted by molar-refractivity contribution is 0.0698. The molecule has 32 heavy (non-hydrogen) atoms. The standard InChI is InChI=1S/C26H20N2O4/c1-15-12-19(16(2)28-22-11-7-6-10-18(22)26(30)31)25-20(13-15)23(29)21(14-27)24(32-25)17-8-4-3-5-9-17/h3-13,16,28H,1-2H3,(H,30,31)/t16-/m1/s1. The maximum absolute atomic E-state index is 13.2. The van der Waals surface area contributed by atoms with Crippen molar-refractivity contribution in [3.63, 3.8) is 0 Å². The van der Waals surface area contributed by atoms with Crippen molar-refractivity contribution in [2.75, 3.05) is 5.32 Å². The number of nitrogens with zero attached hydrogens (tertiary/aromatic N) is 1. The number of aromatic carboxylic acids is 1. The van der Waals surface area contributed by atoms with Crippen LogP contribution in [0.5, 0.6) is 0 Å². The third kappa shape index (κ3) is 3.72. The molecule has 0 fully saturated rings. The quantitative estimate of drug-likeness (QED) is 0.438. The SMILES string of the molecule is Cc1cc([C@@H](C)Nc2ccccc2C(=O)O)c2oc(-c3ccccc3)c(C#N)c(=O)c2c1. The molecule has 2 N–H and O–H groups in total. The number of hydrogen-bond acceptors (Lipinski definition) is 5. The van der Waals surface area contributed by atoms with Crippen molar-refractivity contribution in [2.45, 2.75) is 19.9 Å². The minimum atomic E-state index is -1.04. The van der Waals surface area contributed by atoms with Crippen molar-refractivity contribution in [3.8, 4) is 17.4 Å². The summed E-state index contributed by atoms with van der Waals surface area (Å²) in [6.45, 7) is 3.73. The Labute approximate surface area is 184 Å². The Hall–Kier alpha value is -4.37. The van der Waals surface area contributed by atoms with Gasteiger partial charge in [-0.3, -0.25) is 4.79 Å². The van der Waals surface area contributed by atoms with E-state index in [-0.39, 0.29) is 22.9 Å². The number of carboxylic acids is 1. The molecule has 0 saturated heterocycles. The summed E-state index contributed by atoms with van der Waals surface area (Å²) in [7, 11) is 0. The number of rotatable bonds is 5. The van der Waals surface area contributed by atoms with E-state index in [4.69, 9.17) is 4.42 Å². The zero-order valence-electron chi connectivity index (χ0n) is 17.5. The van der Waals surface area contributed by atoms with E-state index in [1.807, 2.05) is 44.2 Å². The highest BCUT2D eigenvalue weighted by Gasteiger charge is 2.21. The molecule has 0 aliphatic rings. The largest absolute Gasteiger partial charge is 0.478 e. The Morgan fingerprint density at radius 3 is 2.47 bits per heavy atom. The summed E-state index contributed by atoms with van der Waals surface area (Å²) in [6, 6.07) is 20.9. The molecule has 1 heterocycles. The molecule has 158 valence electrons. The van der Waals surface area contributed by atoms with Crippen molar-refractivity contribution in [1.29, 1.82) is 5.26 Å². The highest BCUT2D eigenvalue weighted by molar-refractivity contribution is 5.94. The minimum Gasteiger partial charge on any atom is -0.478 e. The Morgan fingerprint density at radius 2 is 1.78 bits per heavy atom. The predicted molar refractivity (Wildman–Crippen MR) is 123 cm³/mol. The monoisotopic (exact) mass is 424 g/mol. The predicted octanol–water partition coefficient (Wildman–Crippen LogP) is 5.51. The number of nitrogens with one attached hydrogen (secondary N) is 1. The Kier molecular flexibility index (Phi) is 5.48. The van der Waals surface area contributed by atoms with Crippen LogP contribution < -0.4 is 10.7 Å². The number of aryl methyl sites for hydroxylation is 1. The first-order valence-corrected chi connectivity index (χ1v) is 10.1. The van der Waals surface area contributed by atoms with E-state index in [0.29, 0.717) is 27.8 Å². The maximum atomic E-state index is 13.2. The fourth-order valence-corrected chi connectivity index (χ4v) is 3.80. The normalized spacial score (nSPS) is 11.7. The van der Waals surface area contributed by atoms with Crippen molar-refractivity contribution in [3.05, 3.63) is 99.2 Å². The zero-order valence-corrected chi connectivity index (χ0v) is 17.5. The number of nitriles is 1. The molecule has 0 aliphatic carbocycles. The van der Waals surface area contributed by atoms with E-state index in [1.54, 1.807) is 36.4 Å². The van der Waals surface area contributed by atoms with Crippen LogP contribution in [0.1, 0.15) is 40.0 Å². The topological polar surface area (TPSA) is 103 Å². The molecule has 3 aromatic carbocycles. The van der Waals surface area contributed by atoms with Gasteiger partial charge in [-0.2, -0.15) is 5.26 Å². The smallest absolute Gasteiger partial charge is 0.337 e. The number of benzene rings is 3. The molecule has 6 heteroatoms. The minimum absolute atomic E-state index is 0.0444. The first kappa shape index (κ1) is 20.9. The van der Waals surface area contributed by atoms with Gasteiger partial charge >= 0.3 is 5.97 Å². The van der Waals surface area contributed by atoms with Crippen molar-refractivity contribution in [1.82, 2.24) is 0 Å². The lowest BCUT2D eigenvalue weighted by atomic mass is 9.98. The van der Waals surface area contributed by atoms with Gasteiger partial charge in [0.2, 0.25) is 5.43 Å². The van der Waals surface area contributed by atoms with E-state index in [2.05, 4.69) is 5.32 Å². The third-order valence-corrected chi connectivity index (χ3v) is 5.31. The average Bonchev–Trinajstić information content (AvgIpc) is 2.79. The molecule has 6 nitrogen and oxygen atoms in total. The average molecular weight is 424 g/mol. The Bertz CT molecular complexity index is 1430. The highest BCUT2D eigenvalue weighted by Crippen LogP contribution is 2.32. The van der Waals surface area contributed by atoms with Crippen LogP contribution in [0.4, 0.5) is 5.69 Å². The van der Waals surface area contributed by atoms with Crippen LogP contribution >= 0.6 is 0 Å². The number of carbonyl (C=O) groups is 1. The molecule has 4 aromatic rings. The second kappa shape index (κ2) is 8.40. The number of hydrogen-bond donors (Lipinski definition) is 2. The molecule has 1 atom stereocenters. The Balaban J connectivity index is 1.92. The molecular formula is C26H20N2O4. The summed E-state index contributed by atoms with van der Waals surface area (Å²) in [6.07, 6.45) is 0. The number of fused-ring (bicyclic) bond motifs is 1. The third-order valence-electron chi connectivity index (χ3n) is 5.31. The van der Waals surface area contributed by atoms with Gasteiger partial charge in [-0.1, -0.05) is 48.5 Å². The number of anilines is 1. The van der Waals surface area contributed by atoms with Gasteiger partial charge < -0.3 is 14.8 Å². The molecule has 1 aromatic heterocycles. The van der Waals surface area contributed by atoms with E-state index >= 15 is 0 Å². The summed E-state index contributed by atoms with van der Waals surface area (Å²) < 4.78 is 6.19. The first-order chi connectivity index (χ1) is 15.4. The molecule has 0 bridgehead atoms. The van der Waals surface area contributed by atoms with Gasteiger partial charge in [0.1, 0.15) is 17.2 Å².